The second-order valence-corrected chi connectivity index (χ2v) is 8.82. The number of piperazine rings is 1. The Morgan fingerprint density at radius 3 is 2.50 bits per heavy atom. The smallest absolute Gasteiger partial charge is 0.409 e. The molecule has 0 N–H and O–H groups in total. The van der Waals surface area contributed by atoms with Gasteiger partial charge in [-0.2, -0.15) is 0 Å². The van der Waals surface area contributed by atoms with Crippen LogP contribution in [0.2, 0.25) is 0 Å². The number of thiophene rings is 1. The fraction of sp³-hybridized carbons (Fsp3) is 0.650. The molecule has 1 aromatic rings. The lowest BCUT2D eigenvalue weighted by atomic mass is 10.1. The number of ether oxygens (including phenoxy) is 1. The van der Waals surface area contributed by atoms with Crippen molar-refractivity contribution in [3.05, 3.63) is 22.4 Å². The fourth-order valence-electron chi connectivity index (χ4n) is 3.64. The van der Waals surface area contributed by atoms with Gasteiger partial charge in [0.15, 0.2) is 0 Å². The third kappa shape index (κ3) is 5.04. The third-order valence-electron chi connectivity index (χ3n) is 5.15. The highest BCUT2D eigenvalue weighted by atomic mass is 32.1. The molecule has 3 rings (SSSR count). The van der Waals surface area contributed by atoms with E-state index in [1.54, 1.807) is 26.0 Å². The summed E-state index contributed by atoms with van der Waals surface area (Å²) in [5, 5.41) is 1.96. The number of hydrogen-bond acceptors (Lipinski definition) is 5. The second-order valence-electron chi connectivity index (χ2n) is 7.78. The molecule has 2 saturated heterocycles. The average molecular weight is 408 g/mol. The molecule has 1 aromatic heterocycles. The van der Waals surface area contributed by atoms with E-state index in [1.807, 2.05) is 31.4 Å². The molecule has 1 atom stereocenters. The molecule has 0 aromatic carbocycles. The largest absolute Gasteiger partial charge is 0.449 e. The zero-order chi connectivity index (χ0) is 20.1. The first kappa shape index (κ1) is 20.6. The third-order valence-corrected chi connectivity index (χ3v) is 6.03. The summed E-state index contributed by atoms with van der Waals surface area (Å²) in [4.78, 5) is 44.0. The van der Waals surface area contributed by atoms with Crippen molar-refractivity contribution in [3.8, 4) is 0 Å². The standard InChI is InChI=1S/C20H29N3O4S/c1-15(2)14-27-20(26)22-10-8-21(9-11-22)19(25)17-6-3-7-23(17)18(24)13-16-5-4-12-28-16/h4-5,12,15,17H,3,6-11,13-14H2,1-2H3. The van der Waals surface area contributed by atoms with Gasteiger partial charge in [0.2, 0.25) is 11.8 Å². The highest BCUT2D eigenvalue weighted by Gasteiger charge is 2.37. The molecule has 0 radical (unpaired) electrons. The van der Waals surface area contributed by atoms with Gasteiger partial charge in [-0.05, 0) is 30.2 Å². The maximum atomic E-state index is 13.0. The first-order valence-electron chi connectivity index (χ1n) is 9.98. The van der Waals surface area contributed by atoms with Crippen LogP contribution >= 0.6 is 11.3 Å². The van der Waals surface area contributed by atoms with E-state index in [4.69, 9.17) is 4.74 Å². The molecule has 0 spiro atoms. The molecular weight excluding hydrogens is 378 g/mol. The van der Waals surface area contributed by atoms with E-state index in [9.17, 15) is 14.4 Å². The van der Waals surface area contributed by atoms with Gasteiger partial charge in [0.25, 0.3) is 0 Å². The molecule has 0 aliphatic carbocycles. The summed E-state index contributed by atoms with van der Waals surface area (Å²) in [6.45, 7) is 6.95. The van der Waals surface area contributed by atoms with E-state index < -0.39 is 0 Å². The summed E-state index contributed by atoms with van der Waals surface area (Å²) in [5.41, 5.74) is 0. The molecule has 8 heteroatoms. The molecule has 2 fully saturated rings. The van der Waals surface area contributed by atoms with Crippen molar-refractivity contribution in [2.45, 2.75) is 39.2 Å². The van der Waals surface area contributed by atoms with Crippen molar-refractivity contribution < 1.29 is 19.1 Å². The summed E-state index contributed by atoms with van der Waals surface area (Å²) < 4.78 is 5.27. The maximum Gasteiger partial charge on any atom is 0.409 e. The van der Waals surface area contributed by atoms with Crippen LogP contribution in [0.25, 0.3) is 0 Å². The first-order chi connectivity index (χ1) is 13.5. The molecule has 2 aliphatic rings. The van der Waals surface area contributed by atoms with Gasteiger partial charge in [0, 0.05) is 37.6 Å². The Morgan fingerprint density at radius 2 is 1.86 bits per heavy atom. The molecular formula is C20H29N3O4S. The van der Waals surface area contributed by atoms with Crippen molar-refractivity contribution in [2.24, 2.45) is 5.92 Å². The SMILES string of the molecule is CC(C)COC(=O)N1CCN(C(=O)C2CCCN2C(=O)Cc2cccs2)CC1. The summed E-state index contributed by atoms with van der Waals surface area (Å²) >= 11 is 1.56. The lowest BCUT2D eigenvalue weighted by Gasteiger charge is -2.37. The molecule has 2 aliphatic heterocycles. The highest BCUT2D eigenvalue weighted by molar-refractivity contribution is 7.10. The molecule has 7 nitrogen and oxygen atoms in total. The Labute approximate surface area is 170 Å². The Kier molecular flexibility index (Phi) is 6.93. The zero-order valence-electron chi connectivity index (χ0n) is 16.6. The van der Waals surface area contributed by atoms with Gasteiger partial charge in [0.1, 0.15) is 6.04 Å². The molecule has 3 heterocycles. The molecule has 3 amide bonds. The number of likely N-dealkylation sites (tertiary alicyclic amines) is 1. The van der Waals surface area contributed by atoms with Crippen LogP contribution in [-0.4, -0.2) is 78.0 Å². The fourth-order valence-corrected chi connectivity index (χ4v) is 4.33. The summed E-state index contributed by atoms with van der Waals surface area (Å²) in [6.07, 6.45) is 1.62. The van der Waals surface area contributed by atoms with Gasteiger partial charge in [0.05, 0.1) is 13.0 Å². The van der Waals surface area contributed by atoms with Gasteiger partial charge in [-0.15, -0.1) is 11.3 Å². The van der Waals surface area contributed by atoms with E-state index in [1.165, 1.54) is 0 Å². The van der Waals surface area contributed by atoms with Crippen LogP contribution in [0, 0.1) is 5.92 Å². The van der Waals surface area contributed by atoms with E-state index in [0.29, 0.717) is 58.1 Å². The molecule has 28 heavy (non-hydrogen) atoms. The van der Waals surface area contributed by atoms with Gasteiger partial charge < -0.3 is 19.4 Å². The Hall–Kier alpha value is -2.09. The van der Waals surface area contributed by atoms with Crippen molar-refractivity contribution in [1.29, 1.82) is 0 Å². The van der Waals surface area contributed by atoms with Crippen LogP contribution in [0.15, 0.2) is 17.5 Å². The Bertz CT molecular complexity index is 684. The van der Waals surface area contributed by atoms with Gasteiger partial charge in [-0.25, -0.2) is 4.79 Å². The van der Waals surface area contributed by atoms with Crippen molar-refractivity contribution >= 4 is 29.2 Å². The molecule has 0 saturated carbocycles. The number of amides is 3. The Morgan fingerprint density at radius 1 is 1.14 bits per heavy atom. The average Bonchev–Trinajstić information content (AvgIpc) is 3.37. The number of carbonyl (C=O) groups is 3. The quantitative estimate of drug-likeness (QED) is 0.750. The van der Waals surface area contributed by atoms with Crippen molar-refractivity contribution in [1.82, 2.24) is 14.7 Å². The minimum absolute atomic E-state index is 0.00669. The van der Waals surface area contributed by atoms with Gasteiger partial charge >= 0.3 is 6.09 Å². The van der Waals surface area contributed by atoms with Crippen LogP contribution < -0.4 is 0 Å². The zero-order valence-corrected chi connectivity index (χ0v) is 17.5. The van der Waals surface area contributed by atoms with E-state index in [0.717, 1.165) is 11.3 Å². The summed E-state index contributed by atoms with van der Waals surface area (Å²) in [6, 6.07) is 3.52. The normalized spacial score (nSPS) is 20.0. The first-order valence-corrected chi connectivity index (χ1v) is 10.9. The van der Waals surface area contributed by atoms with E-state index in [-0.39, 0.29) is 23.9 Å². The number of nitrogens with zero attached hydrogens (tertiary/aromatic N) is 3. The van der Waals surface area contributed by atoms with Crippen molar-refractivity contribution in [3.63, 3.8) is 0 Å². The monoisotopic (exact) mass is 407 g/mol. The van der Waals surface area contributed by atoms with Crippen LogP contribution in [-0.2, 0) is 20.7 Å². The van der Waals surface area contributed by atoms with Crippen LogP contribution in [0.3, 0.4) is 0 Å². The van der Waals surface area contributed by atoms with Crippen LogP contribution in [0.4, 0.5) is 4.79 Å². The molecule has 0 bridgehead atoms. The lowest BCUT2D eigenvalue weighted by Crippen LogP contribution is -2.55. The number of hydrogen-bond donors (Lipinski definition) is 0. The predicted octanol–water partition coefficient (Wildman–Crippen LogP) is 2.22. The Balaban J connectivity index is 1.51. The minimum atomic E-state index is -0.369. The molecule has 1 unspecified atom stereocenters. The van der Waals surface area contributed by atoms with Gasteiger partial charge in [-0.3, -0.25) is 9.59 Å². The van der Waals surface area contributed by atoms with Crippen LogP contribution in [0.1, 0.15) is 31.6 Å². The number of rotatable bonds is 5. The summed E-state index contributed by atoms with van der Waals surface area (Å²) in [5.74, 6) is 0.327. The highest BCUT2D eigenvalue weighted by Crippen LogP contribution is 2.22. The lowest BCUT2D eigenvalue weighted by molar-refractivity contribution is -0.144. The minimum Gasteiger partial charge on any atom is -0.449 e. The summed E-state index contributed by atoms with van der Waals surface area (Å²) in [7, 11) is 0. The van der Waals surface area contributed by atoms with E-state index in [2.05, 4.69) is 0 Å². The topological polar surface area (TPSA) is 70.2 Å². The van der Waals surface area contributed by atoms with Crippen LogP contribution in [0.5, 0.6) is 0 Å². The number of carbonyl (C=O) groups excluding carboxylic acids is 3. The van der Waals surface area contributed by atoms with E-state index >= 15 is 0 Å². The second kappa shape index (κ2) is 9.41. The van der Waals surface area contributed by atoms with Gasteiger partial charge in [-0.1, -0.05) is 19.9 Å². The maximum absolute atomic E-state index is 13.0. The molecule has 154 valence electrons. The van der Waals surface area contributed by atoms with Crippen molar-refractivity contribution in [2.75, 3.05) is 39.3 Å². The predicted molar refractivity (Wildman–Crippen MR) is 107 cm³/mol.